The van der Waals surface area contributed by atoms with Crippen LogP contribution >= 0.6 is 0 Å². The Bertz CT molecular complexity index is 843. The van der Waals surface area contributed by atoms with E-state index in [9.17, 15) is 13.2 Å². The van der Waals surface area contributed by atoms with Crippen molar-refractivity contribution in [2.45, 2.75) is 26.4 Å². The summed E-state index contributed by atoms with van der Waals surface area (Å²) in [6.45, 7) is 4.25. The SMILES string of the molecule is CC(C)Cc1cc2nc(-c3cc(C(F)(F)F)nn3C)ccc2[nH]1. The van der Waals surface area contributed by atoms with Crippen molar-refractivity contribution >= 4 is 11.0 Å². The average Bonchev–Trinajstić information content (AvgIpc) is 2.99. The molecule has 122 valence electrons. The number of halogens is 3. The summed E-state index contributed by atoms with van der Waals surface area (Å²) >= 11 is 0. The van der Waals surface area contributed by atoms with Gasteiger partial charge in [0.2, 0.25) is 0 Å². The molecule has 0 bridgehead atoms. The van der Waals surface area contributed by atoms with E-state index in [1.165, 1.54) is 11.7 Å². The van der Waals surface area contributed by atoms with E-state index in [1.807, 2.05) is 12.1 Å². The molecule has 0 aromatic carbocycles. The predicted molar refractivity (Wildman–Crippen MR) is 81.8 cm³/mol. The van der Waals surface area contributed by atoms with Crippen LogP contribution in [0.4, 0.5) is 13.2 Å². The third-order valence-electron chi connectivity index (χ3n) is 3.59. The Morgan fingerprint density at radius 2 is 1.96 bits per heavy atom. The second-order valence-electron chi connectivity index (χ2n) is 6.06. The van der Waals surface area contributed by atoms with Gasteiger partial charge in [0.05, 0.1) is 22.4 Å². The fraction of sp³-hybridized carbons (Fsp3) is 0.375. The predicted octanol–water partition coefficient (Wildman–Crippen LogP) is 4.18. The Morgan fingerprint density at radius 3 is 2.57 bits per heavy atom. The molecule has 0 aliphatic carbocycles. The highest BCUT2D eigenvalue weighted by atomic mass is 19.4. The maximum absolute atomic E-state index is 12.8. The molecule has 0 radical (unpaired) electrons. The quantitative estimate of drug-likeness (QED) is 0.786. The van der Waals surface area contributed by atoms with Gasteiger partial charge < -0.3 is 4.98 Å². The molecule has 0 fully saturated rings. The first kappa shape index (κ1) is 15.6. The first-order valence-electron chi connectivity index (χ1n) is 7.34. The maximum atomic E-state index is 12.8. The van der Waals surface area contributed by atoms with Crippen molar-refractivity contribution in [1.82, 2.24) is 19.7 Å². The van der Waals surface area contributed by atoms with Gasteiger partial charge in [-0.3, -0.25) is 4.68 Å². The van der Waals surface area contributed by atoms with Gasteiger partial charge in [-0.2, -0.15) is 18.3 Å². The van der Waals surface area contributed by atoms with Crippen molar-refractivity contribution in [2.24, 2.45) is 13.0 Å². The van der Waals surface area contributed by atoms with Crippen LogP contribution in [-0.4, -0.2) is 19.7 Å². The van der Waals surface area contributed by atoms with E-state index in [-0.39, 0.29) is 0 Å². The normalized spacial score (nSPS) is 12.5. The van der Waals surface area contributed by atoms with Gasteiger partial charge in [0.15, 0.2) is 5.69 Å². The van der Waals surface area contributed by atoms with Crippen molar-refractivity contribution in [2.75, 3.05) is 0 Å². The number of nitrogens with one attached hydrogen (secondary N) is 1. The lowest BCUT2D eigenvalue weighted by atomic mass is 10.1. The van der Waals surface area contributed by atoms with Gasteiger partial charge >= 0.3 is 6.18 Å². The van der Waals surface area contributed by atoms with Crippen molar-refractivity contribution in [3.63, 3.8) is 0 Å². The van der Waals surface area contributed by atoms with Crippen molar-refractivity contribution in [3.05, 3.63) is 35.7 Å². The molecule has 3 aromatic rings. The molecule has 0 saturated carbocycles. The summed E-state index contributed by atoms with van der Waals surface area (Å²) in [4.78, 5) is 7.75. The van der Waals surface area contributed by atoms with Crippen LogP contribution in [-0.2, 0) is 19.6 Å². The molecule has 3 heterocycles. The Balaban J connectivity index is 2.02. The number of hydrogen-bond acceptors (Lipinski definition) is 2. The number of aromatic amines is 1. The Hall–Kier alpha value is -2.31. The van der Waals surface area contributed by atoms with Crippen LogP contribution in [0.2, 0.25) is 0 Å². The molecule has 0 aliphatic rings. The summed E-state index contributed by atoms with van der Waals surface area (Å²) in [7, 11) is 1.48. The molecule has 0 unspecified atom stereocenters. The Morgan fingerprint density at radius 1 is 1.22 bits per heavy atom. The Kier molecular flexibility index (Phi) is 3.66. The summed E-state index contributed by atoms with van der Waals surface area (Å²) in [5.41, 5.74) is 2.59. The lowest BCUT2D eigenvalue weighted by Gasteiger charge is -2.00. The summed E-state index contributed by atoms with van der Waals surface area (Å²) in [5.74, 6) is 0.508. The smallest absolute Gasteiger partial charge is 0.357 e. The van der Waals surface area contributed by atoms with Gasteiger partial charge in [-0.1, -0.05) is 13.8 Å². The summed E-state index contributed by atoms with van der Waals surface area (Å²) in [6.07, 6.45) is -3.56. The second kappa shape index (κ2) is 5.40. The summed E-state index contributed by atoms with van der Waals surface area (Å²) < 4.78 is 39.5. The number of alkyl halides is 3. The fourth-order valence-electron chi connectivity index (χ4n) is 2.60. The van der Waals surface area contributed by atoms with Crippen LogP contribution in [0.3, 0.4) is 0 Å². The zero-order chi connectivity index (χ0) is 16.8. The monoisotopic (exact) mass is 322 g/mol. The minimum absolute atomic E-state index is 0.339. The van der Waals surface area contributed by atoms with Crippen LogP contribution < -0.4 is 0 Å². The van der Waals surface area contributed by atoms with E-state index in [2.05, 4.69) is 28.9 Å². The highest BCUT2D eigenvalue weighted by Gasteiger charge is 2.34. The molecule has 1 N–H and O–H groups in total. The summed E-state index contributed by atoms with van der Waals surface area (Å²) in [6, 6.07) is 6.51. The van der Waals surface area contributed by atoms with E-state index in [0.717, 1.165) is 29.2 Å². The van der Waals surface area contributed by atoms with Crippen molar-refractivity contribution < 1.29 is 13.2 Å². The van der Waals surface area contributed by atoms with Crippen molar-refractivity contribution in [1.29, 1.82) is 0 Å². The van der Waals surface area contributed by atoms with Crippen LogP contribution in [0.5, 0.6) is 0 Å². The molecular weight excluding hydrogens is 305 g/mol. The summed E-state index contributed by atoms with van der Waals surface area (Å²) in [5, 5.41) is 3.53. The third kappa shape index (κ3) is 3.09. The first-order chi connectivity index (χ1) is 10.7. The van der Waals surface area contributed by atoms with Gasteiger partial charge in [0.1, 0.15) is 0 Å². The van der Waals surface area contributed by atoms with E-state index in [0.29, 0.717) is 17.3 Å². The highest BCUT2D eigenvalue weighted by Crippen LogP contribution is 2.31. The number of nitrogens with zero attached hydrogens (tertiary/aromatic N) is 3. The molecule has 0 saturated heterocycles. The minimum atomic E-state index is -4.46. The topological polar surface area (TPSA) is 46.5 Å². The zero-order valence-corrected chi connectivity index (χ0v) is 13.1. The number of aromatic nitrogens is 4. The van der Waals surface area contributed by atoms with Crippen LogP contribution in [0.1, 0.15) is 25.2 Å². The lowest BCUT2D eigenvalue weighted by Crippen LogP contribution is -2.06. The maximum Gasteiger partial charge on any atom is 0.435 e. The lowest BCUT2D eigenvalue weighted by molar-refractivity contribution is -0.141. The van der Waals surface area contributed by atoms with Crippen molar-refractivity contribution in [3.8, 4) is 11.4 Å². The molecule has 0 atom stereocenters. The molecule has 0 amide bonds. The number of hydrogen-bond donors (Lipinski definition) is 1. The molecule has 4 nitrogen and oxygen atoms in total. The van der Waals surface area contributed by atoms with Crippen LogP contribution in [0.15, 0.2) is 24.3 Å². The number of fused-ring (bicyclic) bond motifs is 1. The zero-order valence-electron chi connectivity index (χ0n) is 13.1. The van der Waals surface area contributed by atoms with E-state index >= 15 is 0 Å². The Labute approximate surface area is 131 Å². The molecule has 3 rings (SSSR count). The number of H-pyrrole nitrogens is 1. The third-order valence-corrected chi connectivity index (χ3v) is 3.59. The van der Waals surface area contributed by atoms with Gasteiger partial charge in [0.25, 0.3) is 0 Å². The molecule has 3 aromatic heterocycles. The number of rotatable bonds is 3. The average molecular weight is 322 g/mol. The van der Waals surface area contributed by atoms with E-state index in [4.69, 9.17) is 0 Å². The minimum Gasteiger partial charge on any atom is -0.357 e. The molecule has 23 heavy (non-hydrogen) atoms. The van der Waals surface area contributed by atoms with Gasteiger partial charge in [-0.15, -0.1) is 0 Å². The standard InChI is InChI=1S/C16H17F3N4/c1-9(2)6-10-7-13-11(20-10)4-5-12(21-13)14-8-15(16(17,18)19)22-23(14)3/h4-5,7-9,20H,6H2,1-3H3. The van der Waals surface area contributed by atoms with Crippen LogP contribution in [0, 0.1) is 5.92 Å². The largest absolute Gasteiger partial charge is 0.435 e. The number of pyridine rings is 1. The van der Waals surface area contributed by atoms with E-state index in [1.54, 1.807) is 6.07 Å². The number of aryl methyl sites for hydroxylation is 1. The fourth-order valence-corrected chi connectivity index (χ4v) is 2.60. The molecule has 0 aliphatic heterocycles. The van der Waals surface area contributed by atoms with Gasteiger partial charge in [0, 0.05) is 12.7 Å². The molecular formula is C16H17F3N4. The van der Waals surface area contributed by atoms with Gasteiger partial charge in [-0.05, 0) is 36.6 Å². The van der Waals surface area contributed by atoms with E-state index < -0.39 is 11.9 Å². The van der Waals surface area contributed by atoms with Crippen LogP contribution in [0.25, 0.3) is 22.4 Å². The van der Waals surface area contributed by atoms with Gasteiger partial charge in [-0.25, -0.2) is 4.98 Å². The highest BCUT2D eigenvalue weighted by molar-refractivity contribution is 5.79. The molecule has 7 heteroatoms. The molecule has 0 spiro atoms. The second-order valence-corrected chi connectivity index (χ2v) is 6.06. The first-order valence-corrected chi connectivity index (χ1v) is 7.34.